The molecule has 0 unspecified atom stereocenters. The molecule has 0 heterocycles. The van der Waals surface area contributed by atoms with Crippen LogP contribution in [0.5, 0.6) is 0 Å². The van der Waals surface area contributed by atoms with Crippen molar-refractivity contribution in [2.75, 3.05) is 0 Å². The molecule has 0 N–H and O–H groups in total. The fourth-order valence-electron chi connectivity index (χ4n) is 7.73. The maximum absolute atomic E-state index is 4.18. The molecule has 0 nitrogen and oxygen atoms in total. The Morgan fingerprint density at radius 3 is 0.897 bits per heavy atom. The van der Waals surface area contributed by atoms with E-state index in [4.69, 9.17) is 0 Å². The smallest absolute Gasteiger partial charge is 1.00 e. The van der Waals surface area contributed by atoms with Gasteiger partial charge in [0.25, 0.3) is 0 Å². The minimum absolute atomic E-state index is 0. The normalized spacial score (nSPS) is 14.0. The van der Waals surface area contributed by atoms with Gasteiger partial charge >= 0.3 is 21.7 Å². The summed E-state index contributed by atoms with van der Waals surface area (Å²) < 4.78 is 0. The third-order valence-corrected chi connectivity index (χ3v) is 16.3. The second kappa shape index (κ2) is 18.6. The van der Waals surface area contributed by atoms with E-state index in [-0.39, 0.29) is 91.4 Å². The predicted octanol–water partition coefficient (Wildman–Crippen LogP) is 3.71. The van der Waals surface area contributed by atoms with Gasteiger partial charge in [-0.3, -0.25) is 6.08 Å². The van der Waals surface area contributed by atoms with Gasteiger partial charge < -0.3 is 37.2 Å². The van der Waals surface area contributed by atoms with Gasteiger partial charge in [-0.25, -0.2) is 5.20 Å². The fraction of sp³-hybridized carbons (Fsp3) is 0.472. The van der Waals surface area contributed by atoms with Crippen molar-refractivity contribution in [3.63, 3.8) is 0 Å². The first-order valence-corrected chi connectivity index (χ1v) is 22.4. The van der Waals surface area contributed by atoms with E-state index < -0.39 is 8.07 Å². The maximum Gasteiger partial charge on any atom is 4.00 e. The monoisotopic (exact) mass is 888 g/mol. The zero-order valence-corrected chi connectivity index (χ0v) is 43.8. The Kier molecular flexibility index (Phi) is 17.4. The average Bonchev–Trinajstić information content (AvgIpc) is 3.53. The van der Waals surface area contributed by atoms with Gasteiger partial charge in [0, 0.05) is 0 Å². The minimum atomic E-state index is -3.16. The first kappa shape index (κ1) is 54.2. The Morgan fingerprint density at radius 1 is 0.397 bits per heavy atom. The van der Waals surface area contributed by atoms with Crippen LogP contribution in [0.3, 0.4) is 0 Å². The molecule has 0 amide bonds. The Bertz CT molecular complexity index is 1800. The van der Waals surface area contributed by atoms with Crippen molar-refractivity contribution in [3.8, 4) is 0 Å². The summed E-state index contributed by atoms with van der Waals surface area (Å²) in [5, 5.41) is 5.78. The van der Waals surface area contributed by atoms with Crippen molar-refractivity contribution in [1.29, 1.82) is 0 Å². The van der Waals surface area contributed by atoms with Gasteiger partial charge in [-0.05, 0) is 81.4 Å². The molecule has 0 fully saturated rings. The molecule has 0 bridgehead atoms. The Labute approximate surface area is 390 Å². The van der Waals surface area contributed by atoms with E-state index in [1.54, 1.807) is 0 Å². The Morgan fingerprint density at radius 2 is 0.655 bits per heavy atom. The molecule has 58 heavy (non-hydrogen) atoms. The first-order chi connectivity index (χ1) is 24.5. The molecule has 312 valence electrons. The summed E-state index contributed by atoms with van der Waals surface area (Å²) in [5.41, 5.74) is 10.8. The minimum Gasteiger partial charge on any atom is -1.00 e. The first-order valence-electron chi connectivity index (χ1n) is 20.4. The summed E-state index contributed by atoms with van der Waals surface area (Å²) in [6, 6.07) is 34.4. The topological polar surface area (TPSA) is 0 Å². The van der Waals surface area contributed by atoms with E-state index in [9.17, 15) is 0 Å². The largest absolute Gasteiger partial charge is 4.00 e. The van der Waals surface area contributed by atoms with Crippen molar-refractivity contribution in [2.45, 2.75) is 164 Å². The van der Waals surface area contributed by atoms with Crippen molar-refractivity contribution >= 4 is 29.2 Å². The molecular weight excluding hydrogens is 819 g/mol. The van der Waals surface area contributed by atoms with Crippen LogP contribution >= 0.6 is 0 Å². The number of hydrogen-bond donors (Lipinski definition) is 0. The molecule has 1 aliphatic rings. The van der Waals surface area contributed by atoms with Crippen LogP contribution in [0.2, 0.25) is 0 Å². The van der Waals surface area contributed by atoms with Crippen LogP contribution in [0.4, 0.5) is 0 Å². The quantitative estimate of drug-likeness (QED) is 0.163. The standard InChI is InChI=1S/C53H71Si.3ClH.Ti/c1-48(2,3)37-27-38(49(4,5)6)31-43(30-37)54(47-26-22-25-46(47)36-23-20-19-21-24-36,44-32-39(50(7,8)9)28-40(33-44)51(10,11)12)45-34-41(52(13,14)15)29-42(35-45)53(16,17)18;;;;/h19-21,23-25,27-35H,22H2,1-18H3;3*1H;/q-1;;;;+4/p-3. The summed E-state index contributed by atoms with van der Waals surface area (Å²) >= 11 is 0. The molecular formula is C53H71Cl3SiTi. The third kappa shape index (κ3) is 11.3. The third-order valence-electron chi connectivity index (χ3n) is 11.6. The van der Waals surface area contributed by atoms with Crippen LogP contribution in [0, 0.1) is 6.08 Å². The van der Waals surface area contributed by atoms with Crippen molar-refractivity contribution < 1.29 is 58.9 Å². The summed E-state index contributed by atoms with van der Waals surface area (Å²) in [6.45, 7) is 42.9. The van der Waals surface area contributed by atoms with Crippen LogP contribution in [0.25, 0.3) is 5.57 Å². The van der Waals surface area contributed by atoms with Crippen LogP contribution in [0.1, 0.15) is 170 Å². The number of halogens is 3. The molecule has 4 aromatic rings. The Balaban J connectivity index is 0.00000420. The fourth-order valence-corrected chi connectivity index (χ4v) is 12.8. The number of hydrogen-bond acceptors (Lipinski definition) is 0. The predicted molar refractivity (Wildman–Crippen MR) is 242 cm³/mol. The van der Waals surface area contributed by atoms with Gasteiger partial charge in [-0.15, -0.1) is 12.0 Å². The van der Waals surface area contributed by atoms with Crippen molar-refractivity contribution in [3.05, 3.63) is 141 Å². The maximum atomic E-state index is 4.18. The Hall–Kier alpha value is -1.84. The van der Waals surface area contributed by atoms with Gasteiger partial charge in [0.05, 0.1) is 0 Å². The van der Waals surface area contributed by atoms with E-state index in [0.717, 1.165) is 6.42 Å². The summed E-state index contributed by atoms with van der Waals surface area (Å²) in [6.07, 6.45) is 7.45. The zero-order valence-electron chi connectivity index (χ0n) is 39.0. The molecule has 0 radical (unpaired) electrons. The molecule has 1 aliphatic carbocycles. The summed E-state index contributed by atoms with van der Waals surface area (Å²) in [4.78, 5) is 0. The van der Waals surface area contributed by atoms with Crippen molar-refractivity contribution in [1.82, 2.24) is 0 Å². The zero-order chi connectivity index (χ0) is 40.4. The molecule has 5 heteroatoms. The van der Waals surface area contributed by atoms with Gasteiger partial charge in [-0.2, -0.15) is 11.6 Å². The van der Waals surface area contributed by atoms with Crippen LogP contribution in [-0.4, -0.2) is 8.07 Å². The van der Waals surface area contributed by atoms with Gasteiger partial charge in [-0.1, -0.05) is 210 Å². The van der Waals surface area contributed by atoms with Crippen molar-refractivity contribution in [2.24, 2.45) is 0 Å². The second-order valence-electron chi connectivity index (χ2n) is 22.4. The molecule has 0 spiro atoms. The van der Waals surface area contributed by atoms with E-state index in [0.29, 0.717) is 0 Å². The molecule has 0 aliphatic heterocycles. The van der Waals surface area contributed by atoms with E-state index in [2.05, 4.69) is 222 Å². The van der Waals surface area contributed by atoms with Gasteiger partial charge in [0.1, 0.15) is 8.07 Å². The number of allylic oxidation sites excluding steroid dienone is 4. The van der Waals surface area contributed by atoms with Crippen LogP contribution < -0.4 is 52.8 Å². The van der Waals surface area contributed by atoms with Gasteiger partial charge in [0.15, 0.2) is 0 Å². The van der Waals surface area contributed by atoms with Crippen LogP contribution in [0.15, 0.2) is 96.2 Å². The number of benzene rings is 4. The second-order valence-corrected chi connectivity index (χ2v) is 26.1. The number of rotatable bonds is 5. The summed E-state index contributed by atoms with van der Waals surface area (Å²) in [7, 11) is -3.16. The molecule has 0 saturated heterocycles. The molecule has 0 saturated carbocycles. The molecule has 5 rings (SSSR count). The van der Waals surface area contributed by atoms with Crippen LogP contribution in [-0.2, 0) is 54.2 Å². The SMILES string of the molecule is CC(C)(C)c1cc(C(C)(C)C)cc([Si](C2=[C-]CC=C2c2ccccc2)(c2cc(C(C)(C)C)cc(C(C)(C)C)c2)c2cc(C(C)(C)C)cc(C(C)(C)C)c2)c1.[Cl-].[Cl-].[Cl-].[Ti+4]. The van der Waals surface area contributed by atoms with E-state index in [1.807, 2.05) is 0 Å². The molecule has 0 aromatic heterocycles. The average molecular weight is 890 g/mol. The van der Waals surface area contributed by atoms with E-state index >= 15 is 0 Å². The van der Waals surface area contributed by atoms with E-state index in [1.165, 1.54) is 65.3 Å². The molecule has 0 atom stereocenters. The molecule has 4 aromatic carbocycles. The summed E-state index contributed by atoms with van der Waals surface area (Å²) in [5.74, 6) is 0. The van der Waals surface area contributed by atoms with Gasteiger partial charge in [0.2, 0.25) is 0 Å².